The minimum Gasteiger partial charge on any atom is -0.497 e. The van der Waals surface area contributed by atoms with Gasteiger partial charge in [-0.3, -0.25) is 14.4 Å². The van der Waals surface area contributed by atoms with Crippen molar-refractivity contribution in [2.75, 3.05) is 25.2 Å². The number of ether oxygens (including phenoxy) is 2. The Balaban J connectivity index is 1.61. The molecule has 1 heterocycles. The van der Waals surface area contributed by atoms with Crippen LogP contribution < -0.4 is 9.64 Å². The number of halogens is 2. The molecule has 0 unspecified atom stereocenters. The van der Waals surface area contributed by atoms with Gasteiger partial charge in [0.15, 0.2) is 12.4 Å². The van der Waals surface area contributed by atoms with Crippen LogP contribution in [0, 0.1) is 5.92 Å². The third-order valence-electron chi connectivity index (χ3n) is 4.42. The summed E-state index contributed by atoms with van der Waals surface area (Å²) in [6.07, 6.45) is -0.0188. The summed E-state index contributed by atoms with van der Waals surface area (Å²) in [7, 11) is 1.50. The van der Waals surface area contributed by atoms with Crippen molar-refractivity contribution in [3.8, 4) is 5.75 Å². The zero-order valence-electron chi connectivity index (χ0n) is 15.0. The van der Waals surface area contributed by atoms with E-state index in [0.717, 1.165) is 0 Å². The largest absolute Gasteiger partial charge is 0.497 e. The van der Waals surface area contributed by atoms with Gasteiger partial charge in [0.1, 0.15) is 5.75 Å². The van der Waals surface area contributed by atoms with Crippen LogP contribution in [-0.4, -0.2) is 37.9 Å². The van der Waals surface area contributed by atoms with Crippen molar-refractivity contribution < 1.29 is 23.9 Å². The molecule has 3 rings (SSSR count). The molecule has 1 amide bonds. The SMILES string of the molecule is COc1cccc(C(=O)COC(=O)[C@@H]2CC(=O)N(c3cccc(Cl)c3Cl)C2)c1. The number of carbonyl (C=O) groups excluding carboxylic acids is 3. The van der Waals surface area contributed by atoms with Crippen molar-refractivity contribution in [2.24, 2.45) is 5.92 Å². The molecule has 2 aromatic rings. The van der Waals surface area contributed by atoms with Gasteiger partial charge in [-0.05, 0) is 24.3 Å². The Bertz CT molecular complexity index is 931. The second-order valence-electron chi connectivity index (χ2n) is 6.24. The first-order valence-corrected chi connectivity index (χ1v) is 9.24. The fourth-order valence-corrected chi connectivity index (χ4v) is 3.33. The highest BCUT2D eigenvalue weighted by atomic mass is 35.5. The average Bonchev–Trinajstić information content (AvgIpc) is 3.09. The van der Waals surface area contributed by atoms with E-state index in [1.54, 1.807) is 42.5 Å². The van der Waals surface area contributed by atoms with Crippen molar-refractivity contribution >= 4 is 46.5 Å². The monoisotopic (exact) mass is 421 g/mol. The number of esters is 1. The molecule has 0 N–H and O–H groups in total. The lowest BCUT2D eigenvalue weighted by atomic mass is 10.1. The predicted molar refractivity (Wildman–Crippen MR) is 105 cm³/mol. The van der Waals surface area contributed by atoms with E-state index >= 15 is 0 Å². The summed E-state index contributed by atoms with van der Waals surface area (Å²) >= 11 is 12.2. The smallest absolute Gasteiger partial charge is 0.311 e. The molecule has 0 radical (unpaired) electrons. The topological polar surface area (TPSA) is 72.9 Å². The summed E-state index contributed by atoms with van der Waals surface area (Å²) in [6, 6.07) is 11.5. The maximum atomic E-state index is 12.3. The van der Waals surface area contributed by atoms with E-state index < -0.39 is 18.5 Å². The standard InChI is InChI=1S/C20H17Cl2NO5/c1-27-14-5-2-4-12(8-14)17(24)11-28-20(26)13-9-18(25)23(10-13)16-7-3-6-15(21)19(16)22/h2-8,13H,9-11H2,1H3/t13-/m1/s1. The van der Waals surface area contributed by atoms with Crippen molar-refractivity contribution in [1.29, 1.82) is 0 Å². The van der Waals surface area contributed by atoms with Gasteiger partial charge in [-0.1, -0.05) is 41.4 Å². The number of carbonyl (C=O) groups is 3. The number of ketones is 1. The highest BCUT2D eigenvalue weighted by molar-refractivity contribution is 6.44. The molecule has 1 aliphatic heterocycles. The number of hydrogen-bond acceptors (Lipinski definition) is 5. The molecule has 0 spiro atoms. The minimum atomic E-state index is -0.680. The number of nitrogens with zero attached hydrogens (tertiary/aromatic N) is 1. The van der Waals surface area contributed by atoms with Gasteiger partial charge in [-0.15, -0.1) is 0 Å². The van der Waals surface area contributed by atoms with Crippen LogP contribution in [-0.2, 0) is 14.3 Å². The van der Waals surface area contributed by atoms with E-state index in [-0.39, 0.29) is 29.7 Å². The van der Waals surface area contributed by atoms with Crippen LogP contribution in [0.5, 0.6) is 5.75 Å². The van der Waals surface area contributed by atoms with E-state index in [0.29, 0.717) is 22.0 Å². The van der Waals surface area contributed by atoms with Crippen LogP contribution in [0.4, 0.5) is 5.69 Å². The molecule has 1 saturated heterocycles. The molecule has 146 valence electrons. The number of methoxy groups -OCH3 is 1. The zero-order valence-corrected chi connectivity index (χ0v) is 16.5. The molecule has 8 heteroatoms. The molecule has 28 heavy (non-hydrogen) atoms. The average molecular weight is 422 g/mol. The molecule has 1 atom stereocenters. The molecule has 1 fully saturated rings. The highest BCUT2D eigenvalue weighted by Crippen LogP contribution is 2.35. The Kier molecular flexibility index (Phi) is 6.21. The molecule has 0 bridgehead atoms. The fraction of sp³-hybridized carbons (Fsp3) is 0.250. The minimum absolute atomic E-state index is 0.0188. The maximum Gasteiger partial charge on any atom is 0.311 e. The first kappa shape index (κ1) is 20.2. The fourth-order valence-electron chi connectivity index (χ4n) is 2.93. The third kappa shape index (κ3) is 4.29. The lowest BCUT2D eigenvalue weighted by Crippen LogP contribution is -2.27. The van der Waals surface area contributed by atoms with Gasteiger partial charge in [0.05, 0.1) is 28.8 Å². The van der Waals surface area contributed by atoms with E-state index in [9.17, 15) is 14.4 Å². The van der Waals surface area contributed by atoms with Gasteiger partial charge in [0.25, 0.3) is 0 Å². The van der Waals surface area contributed by atoms with Crippen molar-refractivity contribution in [3.63, 3.8) is 0 Å². The second kappa shape index (κ2) is 8.63. The summed E-state index contributed by atoms with van der Waals surface area (Å²) in [6.45, 7) is -0.292. The first-order chi connectivity index (χ1) is 13.4. The van der Waals surface area contributed by atoms with Gasteiger partial charge in [0, 0.05) is 18.5 Å². The van der Waals surface area contributed by atoms with Crippen molar-refractivity contribution in [2.45, 2.75) is 6.42 Å². The molecule has 6 nitrogen and oxygen atoms in total. The van der Waals surface area contributed by atoms with Gasteiger partial charge in [-0.2, -0.15) is 0 Å². The summed E-state index contributed by atoms with van der Waals surface area (Å²) in [4.78, 5) is 38.3. The number of anilines is 1. The maximum absolute atomic E-state index is 12.3. The van der Waals surface area contributed by atoms with Crippen LogP contribution in [0.2, 0.25) is 10.0 Å². The predicted octanol–water partition coefficient (Wildman–Crippen LogP) is 3.78. The Morgan fingerprint density at radius 1 is 1.18 bits per heavy atom. The normalized spacial score (nSPS) is 16.2. The van der Waals surface area contributed by atoms with E-state index in [2.05, 4.69) is 0 Å². The van der Waals surface area contributed by atoms with Crippen LogP contribution in [0.3, 0.4) is 0 Å². The summed E-state index contributed by atoms with van der Waals surface area (Å²) in [5.41, 5.74) is 0.823. The highest BCUT2D eigenvalue weighted by Gasteiger charge is 2.37. The summed E-state index contributed by atoms with van der Waals surface area (Å²) in [5, 5.41) is 0.571. The van der Waals surface area contributed by atoms with Crippen LogP contribution in [0.1, 0.15) is 16.8 Å². The van der Waals surface area contributed by atoms with Gasteiger partial charge in [-0.25, -0.2) is 0 Å². The summed E-state index contributed by atoms with van der Waals surface area (Å²) in [5.74, 6) is -1.37. The van der Waals surface area contributed by atoms with Crippen molar-refractivity contribution in [3.05, 3.63) is 58.1 Å². The number of rotatable bonds is 6. The first-order valence-electron chi connectivity index (χ1n) is 8.49. The molecule has 0 saturated carbocycles. The Labute approximate surface area is 171 Å². The molecular weight excluding hydrogens is 405 g/mol. The summed E-state index contributed by atoms with van der Waals surface area (Å²) < 4.78 is 10.2. The number of benzene rings is 2. The van der Waals surface area contributed by atoms with Crippen molar-refractivity contribution in [1.82, 2.24) is 0 Å². The lowest BCUT2D eigenvalue weighted by Gasteiger charge is -2.18. The van der Waals surface area contributed by atoms with E-state index in [1.807, 2.05) is 0 Å². The zero-order chi connectivity index (χ0) is 20.3. The van der Waals surface area contributed by atoms with Crippen LogP contribution in [0.25, 0.3) is 0 Å². The Morgan fingerprint density at radius 3 is 2.68 bits per heavy atom. The Morgan fingerprint density at radius 2 is 1.93 bits per heavy atom. The number of Topliss-reactive ketones (excluding diaryl/α,β-unsaturated/α-hetero) is 1. The van der Waals surface area contributed by atoms with Gasteiger partial charge >= 0.3 is 5.97 Å². The molecule has 0 aromatic heterocycles. The second-order valence-corrected chi connectivity index (χ2v) is 7.03. The molecule has 0 aliphatic carbocycles. The van der Waals surface area contributed by atoms with E-state index in [4.69, 9.17) is 32.7 Å². The van der Waals surface area contributed by atoms with Gasteiger partial charge < -0.3 is 14.4 Å². The third-order valence-corrected chi connectivity index (χ3v) is 5.23. The van der Waals surface area contributed by atoms with Gasteiger partial charge in [0.2, 0.25) is 5.91 Å². The Hall–Kier alpha value is -2.57. The molecule has 1 aliphatic rings. The van der Waals surface area contributed by atoms with Crippen LogP contribution in [0.15, 0.2) is 42.5 Å². The lowest BCUT2D eigenvalue weighted by molar-refractivity contribution is -0.147. The number of hydrogen-bond donors (Lipinski definition) is 0. The van der Waals surface area contributed by atoms with Crippen LogP contribution >= 0.6 is 23.2 Å². The quantitative estimate of drug-likeness (QED) is 0.524. The number of amides is 1. The molecule has 2 aromatic carbocycles. The molecular formula is C20H17Cl2NO5. The van der Waals surface area contributed by atoms with E-state index in [1.165, 1.54) is 12.0 Å².